The van der Waals surface area contributed by atoms with Crippen molar-refractivity contribution in [1.29, 1.82) is 0 Å². The molecule has 1 heterocycles. The van der Waals surface area contributed by atoms with Gasteiger partial charge in [0.25, 0.3) is 0 Å². The van der Waals surface area contributed by atoms with Crippen LogP contribution in [0.5, 0.6) is 0 Å². The van der Waals surface area contributed by atoms with Crippen molar-refractivity contribution in [2.75, 3.05) is 12.3 Å². The summed E-state index contributed by atoms with van der Waals surface area (Å²) in [4.78, 5) is 12.1. The quantitative estimate of drug-likeness (QED) is 0.516. The molecule has 1 aliphatic rings. The fourth-order valence-electron chi connectivity index (χ4n) is 2.53. The molecule has 0 aromatic heterocycles. The number of alkyl carbamates (subject to hydrolysis) is 1. The van der Waals surface area contributed by atoms with E-state index in [2.05, 4.69) is 21.2 Å². The summed E-state index contributed by atoms with van der Waals surface area (Å²) in [5, 5.41) is 2.79. The molecule has 8 heteroatoms. The van der Waals surface area contributed by atoms with Gasteiger partial charge in [0.1, 0.15) is 5.60 Å². The van der Waals surface area contributed by atoms with E-state index in [1.165, 1.54) is 0 Å². The molecule has 3 N–H and O–H groups in total. The highest BCUT2D eigenvalue weighted by molar-refractivity contribution is 9.10. The Morgan fingerprint density at radius 2 is 1.82 bits per heavy atom. The summed E-state index contributed by atoms with van der Waals surface area (Å²) in [6.45, 7) is 13.7. The molecule has 2 rings (SSSR count). The molecule has 0 bridgehead atoms. The minimum absolute atomic E-state index is 0.230. The molecule has 1 fully saturated rings. The molecule has 154 valence electrons. The van der Waals surface area contributed by atoms with E-state index in [1.807, 2.05) is 72.7 Å². The highest BCUT2D eigenvalue weighted by Crippen LogP contribution is 2.38. The lowest BCUT2D eigenvalue weighted by atomic mass is 9.77. The smallest absolute Gasteiger partial charge is 0.444 e. The Morgan fingerprint density at radius 3 is 2.32 bits per heavy atom. The lowest BCUT2D eigenvalue weighted by Crippen LogP contribution is -2.41. The second-order valence-corrected chi connectivity index (χ2v) is 9.80. The fourth-order valence-corrected chi connectivity index (χ4v) is 2.93. The first-order chi connectivity index (χ1) is 12.7. The molecule has 1 saturated heterocycles. The molecule has 0 saturated carbocycles. The van der Waals surface area contributed by atoms with E-state index >= 15 is 0 Å². The number of halogens is 1. The summed E-state index contributed by atoms with van der Waals surface area (Å²) in [7, 11) is -0.587. The number of carbonyl (C=O) groups excluding carboxylic acids is 1. The fraction of sp³-hybridized carbons (Fsp3) is 0.550. The van der Waals surface area contributed by atoms with E-state index in [0.717, 1.165) is 15.5 Å². The molecule has 1 aromatic rings. The zero-order valence-corrected chi connectivity index (χ0v) is 19.3. The first-order valence-electron chi connectivity index (χ1n) is 9.28. The molecule has 6 nitrogen and oxygen atoms in total. The first kappa shape index (κ1) is 22.8. The van der Waals surface area contributed by atoms with Crippen LogP contribution in [0.4, 0.5) is 10.5 Å². The highest BCUT2D eigenvalue weighted by Gasteiger charge is 2.52. The van der Waals surface area contributed by atoms with Crippen molar-refractivity contribution in [2.24, 2.45) is 0 Å². The van der Waals surface area contributed by atoms with Crippen LogP contribution in [0.15, 0.2) is 28.1 Å². The van der Waals surface area contributed by atoms with E-state index in [9.17, 15) is 4.79 Å². The minimum atomic E-state index is -0.587. The third-order valence-corrected chi connectivity index (χ3v) is 5.46. The van der Waals surface area contributed by atoms with Gasteiger partial charge in [-0.2, -0.15) is 0 Å². The number of amides is 1. The van der Waals surface area contributed by atoms with E-state index < -0.39 is 30.0 Å². The third-order valence-electron chi connectivity index (χ3n) is 4.77. The van der Waals surface area contributed by atoms with Gasteiger partial charge in [0.2, 0.25) is 0 Å². The number of hydrogen-bond acceptors (Lipinski definition) is 5. The molecule has 0 atom stereocenters. The molecule has 1 aromatic carbocycles. The van der Waals surface area contributed by atoms with Gasteiger partial charge in [0.05, 0.1) is 11.2 Å². The highest BCUT2D eigenvalue weighted by atomic mass is 79.9. The summed E-state index contributed by atoms with van der Waals surface area (Å²) < 4.78 is 18.5. The van der Waals surface area contributed by atoms with Crippen LogP contribution >= 0.6 is 15.9 Å². The van der Waals surface area contributed by atoms with Crippen LogP contribution in [0.25, 0.3) is 6.08 Å². The van der Waals surface area contributed by atoms with E-state index in [0.29, 0.717) is 5.69 Å². The number of nitrogens with one attached hydrogen (secondary N) is 1. The SMILES string of the molecule is CC(C)(C)OC(=O)NCC(=Cc1ccc(N)c(Br)c1)B1OC(C)(C)C(C)(C)O1. The van der Waals surface area contributed by atoms with Crippen LogP contribution in [0.1, 0.15) is 54.0 Å². The van der Waals surface area contributed by atoms with Crippen molar-refractivity contribution in [1.82, 2.24) is 5.32 Å². The number of hydrogen-bond donors (Lipinski definition) is 2. The van der Waals surface area contributed by atoms with Gasteiger partial charge in [-0.1, -0.05) is 12.1 Å². The lowest BCUT2D eigenvalue weighted by Gasteiger charge is -2.32. The van der Waals surface area contributed by atoms with Crippen molar-refractivity contribution < 1.29 is 18.8 Å². The maximum atomic E-state index is 12.1. The van der Waals surface area contributed by atoms with Gasteiger partial charge in [-0.05, 0) is 87.6 Å². The monoisotopic (exact) mass is 452 g/mol. The van der Waals surface area contributed by atoms with E-state index in [-0.39, 0.29) is 6.54 Å². The zero-order valence-electron chi connectivity index (χ0n) is 17.7. The van der Waals surface area contributed by atoms with Crippen LogP contribution in [-0.4, -0.2) is 36.6 Å². The maximum absolute atomic E-state index is 12.1. The van der Waals surface area contributed by atoms with Crippen molar-refractivity contribution in [3.8, 4) is 0 Å². The van der Waals surface area contributed by atoms with Gasteiger partial charge >= 0.3 is 13.2 Å². The summed E-state index contributed by atoms with van der Waals surface area (Å²) in [6.07, 6.45) is 1.44. The summed E-state index contributed by atoms with van der Waals surface area (Å²) >= 11 is 3.44. The number of nitrogens with two attached hydrogens (primary N) is 1. The van der Waals surface area contributed by atoms with Gasteiger partial charge in [-0.25, -0.2) is 4.79 Å². The van der Waals surface area contributed by atoms with Crippen molar-refractivity contribution in [3.63, 3.8) is 0 Å². The maximum Gasteiger partial charge on any atom is 0.492 e. The number of rotatable bonds is 4. The first-order valence-corrected chi connectivity index (χ1v) is 10.1. The van der Waals surface area contributed by atoms with Gasteiger partial charge in [-0.3, -0.25) is 0 Å². The largest absolute Gasteiger partial charge is 0.492 e. The summed E-state index contributed by atoms with van der Waals surface area (Å²) in [5.74, 6) is 0. The Bertz CT molecular complexity index is 756. The van der Waals surface area contributed by atoms with Gasteiger partial charge in [-0.15, -0.1) is 0 Å². The molecule has 0 aliphatic carbocycles. The predicted octanol–water partition coefficient (Wildman–Crippen LogP) is 4.57. The van der Waals surface area contributed by atoms with E-state index in [4.69, 9.17) is 19.8 Å². The normalized spacial score (nSPS) is 18.9. The number of nitrogen functional groups attached to an aromatic ring is 1. The van der Waals surface area contributed by atoms with Gasteiger partial charge in [0, 0.05) is 16.7 Å². The Kier molecular flexibility index (Phi) is 6.58. The number of carbonyl (C=O) groups is 1. The molecule has 0 spiro atoms. The van der Waals surface area contributed by atoms with Crippen LogP contribution < -0.4 is 11.1 Å². The van der Waals surface area contributed by atoms with Gasteiger partial charge in [0.15, 0.2) is 0 Å². The third kappa shape index (κ3) is 5.75. The average molecular weight is 453 g/mol. The summed E-state index contributed by atoms with van der Waals surface area (Å²) in [6, 6.07) is 5.63. The van der Waals surface area contributed by atoms with Crippen molar-refractivity contribution in [2.45, 2.75) is 65.3 Å². The van der Waals surface area contributed by atoms with Crippen molar-refractivity contribution >= 4 is 40.9 Å². The minimum Gasteiger partial charge on any atom is -0.444 e. The molecule has 0 radical (unpaired) electrons. The van der Waals surface area contributed by atoms with Crippen LogP contribution in [0.2, 0.25) is 0 Å². The van der Waals surface area contributed by atoms with E-state index in [1.54, 1.807) is 0 Å². The number of anilines is 1. The van der Waals surface area contributed by atoms with Crippen LogP contribution in [0, 0.1) is 0 Å². The van der Waals surface area contributed by atoms with Crippen LogP contribution in [0.3, 0.4) is 0 Å². The average Bonchev–Trinajstić information content (AvgIpc) is 2.73. The molecule has 1 aliphatic heterocycles. The standard InChI is InChI=1S/C20H30BBrN2O4/c1-18(2,3)26-17(25)24-12-14(10-13-8-9-16(23)15(22)11-13)21-27-19(4,5)20(6,7)28-21/h8-11H,12,23H2,1-7H3,(H,24,25). The molecular weight excluding hydrogens is 423 g/mol. The number of benzene rings is 1. The Morgan fingerprint density at radius 1 is 1.25 bits per heavy atom. The second-order valence-electron chi connectivity index (χ2n) is 8.94. The topological polar surface area (TPSA) is 82.8 Å². The van der Waals surface area contributed by atoms with Crippen molar-refractivity contribution in [3.05, 3.63) is 33.7 Å². The van der Waals surface area contributed by atoms with Gasteiger partial charge < -0.3 is 25.1 Å². The predicted molar refractivity (Wildman–Crippen MR) is 117 cm³/mol. The molecule has 0 unspecified atom stereocenters. The lowest BCUT2D eigenvalue weighted by molar-refractivity contribution is 0.00578. The Balaban J connectivity index is 2.27. The second kappa shape index (κ2) is 8.09. The molecule has 28 heavy (non-hydrogen) atoms. The zero-order chi connectivity index (χ0) is 21.3. The Hall–Kier alpha value is -1.51. The molecule has 1 amide bonds. The Labute approximate surface area is 176 Å². The molecular formula is C20H30BBrN2O4. The summed E-state index contributed by atoms with van der Waals surface area (Å²) in [5.41, 5.74) is 6.69. The van der Waals surface area contributed by atoms with Crippen LogP contribution in [-0.2, 0) is 14.0 Å². The number of ether oxygens (including phenoxy) is 1.